The van der Waals surface area contributed by atoms with Crippen molar-refractivity contribution >= 4 is 23.2 Å². The molecule has 0 aromatic carbocycles. The second kappa shape index (κ2) is 5.74. The Labute approximate surface area is 117 Å². The number of rotatable bonds is 3. The van der Waals surface area contributed by atoms with E-state index in [1.165, 1.54) is 0 Å². The van der Waals surface area contributed by atoms with Crippen LogP contribution in [-0.4, -0.2) is 29.8 Å². The molecule has 2 amide bonds. The number of nitrogens with one attached hydrogen (secondary N) is 1. The van der Waals surface area contributed by atoms with E-state index in [2.05, 4.69) is 5.32 Å². The molecule has 1 saturated heterocycles. The minimum absolute atomic E-state index is 0.0488. The fourth-order valence-corrected chi connectivity index (χ4v) is 3.49. The summed E-state index contributed by atoms with van der Waals surface area (Å²) in [7, 11) is 1.79. The van der Waals surface area contributed by atoms with Crippen molar-refractivity contribution in [3.8, 4) is 0 Å². The summed E-state index contributed by atoms with van der Waals surface area (Å²) < 4.78 is 0. The molecule has 1 aliphatic heterocycles. The monoisotopic (exact) mass is 280 g/mol. The van der Waals surface area contributed by atoms with Crippen LogP contribution in [0, 0.1) is 5.92 Å². The van der Waals surface area contributed by atoms with Gasteiger partial charge in [-0.05, 0) is 31.7 Å². The SMILES string of the molecule is CC(C)NC(=O)[C@H]1CCC(=O)N(C)[C@H]1c1cccs1. The first-order chi connectivity index (χ1) is 9.00. The number of carbonyl (C=O) groups excluding carboxylic acids is 2. The number of likely N-dealkylation sites (tertiary alicyclic amines) is 1. The molecule has 1 aromatic heterocycles. The van der Waals surface area contributed by atoms with Gasteiger partial charge in [-0.3, -0.25) is 9.59 Å². The summed E-state index contributed by atoms with van der Waals surface area (Å²) in [6, 6.07) is 3.96. The third kappa shape index (κ3) is 2.97. The number of hydrogen-bond donors (Lipinski definition) is 1. The zero-order valence-electron chi connectivity index (χ0n) is 11.6. The van der Waals surface area contributed by atoms with Gasteiger partial charge in [0.25, 0.3) is 0 Å². The fraction of sp³-hybridized carbons (Fsp3) is 0.571. The molecule has 1 N–H and O–H groups in total. The fourth-order valence-electron chi connectivity index (χ4n) is 2.55. The maximum Gasteiger partial charge on any atom is 0.225 e. The average Bonchev–Trinajstić information content (AvgIpc) is 2.84. The van der Waals surface area contributed by atoms with E-state index in [9.17, 15) is 9.59 Å². The molecule has 0 radical (unpaired) electrons. The highest BCUT2D eigenvalue weighted by Crippen LogP contribution is 2.37. The predicted octanol–water partition coefficient (Wildman–Crippen LogP) is 2.18. The Kier molecular flexibility index (Phi) is 4.24. The van der Waals surface area contributed by atoms with E-state index < -0.39 is 0 Å². The number of piperidine rings is 1. The highest BCUT2D eigenvalue weighted by Gasteiger charge is 2.39. The molecule has 0 aliphatic carbocycles. The number of hydrogen-bond acceptors (Lipinski definition) is 3. The first kappa shape index (κ1) is 14.1. The Bertz CT molecular complexity index is 456. The molecule has 2 atom stereocenters. The first-order valence-electron chi connectivity index (χ1n) is 6.60. The van der Waals surface area contributed by atoms with Gasteiger partial charge < -0.3 is 10.2 Å². The summed E-state index contributed by atoms with van der Waals surface area (Å²) in [5.41, 5.74) is 0. The summed E-state index contributed by atoms with van der Waals surface area (Å²) in [5, 5.41) is 4.95. The van der Waals surface area contributed by atoms with Crippen LogP contribution in [0.25, 0.3) is 0 Å². The Morgan fingerprint density at radius 3 is 2.84 bits per heavy atom. The molecule has 5 heteroatoms. The summed E-state index contributed by atoms with van der Waals surface area (Å²) >= 11 is 1.60. The first-order valence-corrected chi connectivity index (χ1v) is 7.48. The summed E-state index contributed by atoms with van der Waals surface area (Å²) in [4.78, 5) is 27.0. The van der Waals surface area contributed by atoms with Crippen molar-refractivity contribution in [3.05, 3.63) is 22.4 Å². The van der Waals surface area contributed by atoms with E-state index in [1.54, 1.807) is 23.3 Å². The number of amides is 2. The van der Waals surface area contributed by atoms with Crippen LogP contribution in [0.3, 0.4) is 0 Å². The zero-order chi connectivity index (χ0) is 14.0. The lowest BCUT2D eigenvalue weighted by atomic mass is 9.87. The van der Waals surface area contributed by atoms with Crippen molar-refractivity contribution in [2.75, 3.05) is 7.05 Å². The van der Waals surface area contributed by atoms with Crippen LogP contribution in [0.4, 0.5) is 0 Å². The van der Waals surface area contributed by atoms with E-state index in [-0.39, 0.29) is 29.8 Å². The molecule has 2 rings (SSSR count). The lowest BCUT2D eigenvalue weighted by Gasteiger charge is -2.38. The quantitative estimate of drug-likeness (QED) is 0.922. The second-order valence-electron chi connectivity index (χ2n) is 5.27. The summed E-state index contributed by atoms with van der Waals surface area (Å²) in [5.74, 6) is 0.0171. The van der Waals surface area contributed by atoms with Crippen LogP contribution in [0.15, 0.2) is 17.5 Å². The Morgan fingerprint density at radius 2 is 2.26 bits per heavy atom. The minimum atomic E-state index is -0.149. The summed E-state index contributed by atoms with van der Waals surface area (Å²) in [6.45, 7) is 3.91. The maximum atomic E-state index is 12.3. The summed E-state index contributed by atoms with van der Waals surface area (Å²) in [6.07, 6.45) is 1.08. The zero-order valence-corrected chi connectivity index (χ0v) is 12.4. The van der Waals surface area contributed by atoms with Crippen molar-refractivity contribution in [1.82, 2.24) is 10.2 Å². The largest absolute Gasteiger partial charge is 0.354 e. The molecule has 1 aliphatic rings. The molecule has 0 saturated carbocycles. The lowest BCUT2D eigenvalue weighted by Crippen LogP contribution is -2.47. The molecular formula is C14H20N2O2S. The van der Waals surface area contributed by atoms with Crippen LogP contribution in [0.5, 0.6) is 0 Å². The molecule has 1 fully saturated rings. The molecule has 19 heavy (non-hydrogen) atoms. The molecule has 0 spiro atoms. The van der Waals surface area contributed by atoms with Gasteiger partial charge in [0.05, 0.1) is 12.0 Å². The number of carbonyl (C=O) groups is 2. The molecule has 104 valence electrons. The molecular weight excluding hydrogens is 260 g/mol. The lowest BCUT2D eigenvalue weighted by molar-refractivity contribution is -0.141. The average molecular weight is 280 g/mol. The van der Waals surface area contributed by atoms with Gasteiger partial charge in [0.1, 0.15) is 0 Å². The third-order valence-electron chi connectivity index (χ3n) is 3.46. The van der Waals surface area contributed by atoms with E-state index in [0.29, 0.717) is 12.8 Å². The van der Waals surface area contributed by atoms with Crippen LogP contribution in [-0.2, 0) is 9.59 Å². The molecule has 1 aromatic rings. The highest BCUT2D eigenvalue weighted by atomic mass is 32.1. The van der Waals surface area contributed by atoms with Crippen molar-refractivity contribution in [1.29, 1.82) is 0 Å². The van der Waals surface area contributed by atoms with Crippen LogP contribution in [0.2, 0.25) is 0 Å². The Morgan fingerprint density at radius 1 is 1.53 bits per heavy atom. The Hall–Kier alpha value is -1.36. The van der Waals surface area contributed by atoms with Gasteiger partial charge >= 0.3 is 0 Å². The highest BCUT2D eigenvalue weighted by molar-refractivity contribution is 7.10. The van der Waals surface area contributed by atoms with E-state index in [1.807, 2.05) is 31.4 Å². The Balaban J connectivity index is 2.25. The van der Waals surface area contributed by atoms with Crippen molar-refractivity contribution in [3.63, 3.8) is 0 Å². The number of thiophene rings is 1. The van der Waals surface area contributed by atoms with E-state index in [4.69, 9.17) is 0 Å². The van der Waals surface area contributed by atoms with Crippen molar-refractivity contribution < 1.29 is 9.59 Å². The van der Waals surface area contributed by atoms with Gasteiger partial charge in [-0.1, -0.05) is 6.07 Å². The smallest absolute Gasteiger partial charge is 0.225 e. The third-order valence-corrected chi connectivity index (χ3v) is 4.41. The van der Waals surface area contributed by atoms with Gasteiger partial charge in [0.15, 0.2) is 0 Å². The van der Waals surface area contributed by atoms with Gasteiger partial charge in [-0.25, -0.2) is 0 Å². The van der Waals surface area contributed by atoms with Crippen LogP contribution < -0.4 is 5.32 Å². The minimum Gasteiger partial charge on any atom is -0.354 e. The van der Waals surface area contributed by atoms with Crippen LogP contribution in [0.1, 0.15) is 37.6 Å². The van der Waals surface area contributed by atoms with Crippen molar-refractivity contribution in [2.24, 2.45) is 5.92 Å². The van der Waals surface area contributed by atoms with Gasteiger partial charge in [0.2, 0.25) is 11.8 Å². The van der Waals surface area contributed by atoms with Crippen molar-refractivity contribution in [2.45, 2.75) is 38.8 Å². The van der Waals surface area contributed by atoms with E-state index in [0.717, 1.165) is 4.88 Å². The second-order valence-corrected chi connectivity index (χ2v) is 6.25. The number of nitrogens with zero attached hydrogens (tertiary/aromatic N) is 1. The van der Waals surface area contributed by atoms with Crippen LogP contribution >= 0.6 is 11.3 Å². The molecule has 0 unspecified atom stereocenters. The molecule has 2 heterocycles. The maximum absolute atomic E-state index is 12.3. The van der Waals surface area contributed by atoms with Gasteiger partial charge in [-0.2, -0.15) is 0 Å². The molecule has 4 nitrogen and oxygen atoms in total. The molecule has 0 bridgehead atoms. The van der Waals surface area contributed by atoms with E-state index >= 15 is 0 Å². The predicted molar refractivity (Wildman–Crippen MR) is 75.8 cm³/mol. The van der Waals surface area contributed by atoms with Gasteiger partial charge in [0, 0.05) is 24.4 Å². The normalized spacial score (nSPS) is 23.8. The van der Waals surface area contributed by atoms with Gasteiger partial charge in [-0.15, -0.1) is 11.3 Å². The topological polar surface area (TPSA) is 49.4 Å². The standard InChI is InChI=1S/C14H20N2O2S/c1-9(2)15-14(18)10-6-7-12(17)16(3)13(10)11-5-4-8-19-11/h4-5,8-10,13H,6-7H2,1-3H3,(H,15,18)/t10-,13+/m0/s1.